The number of benzene rings is 2. The average Bonchev–Trinajstić information content (AvgIpc) is 3.26. The standard InChI is InChI=1S/C19H17N5O4/c1-27-14-7-3-12(4-8-14)20-19(26)17-18-21-16(25)11-23(18)24(22-17)13-5-9-15(28-2)10-6-13/h3-10H,11H2,1-2H3,(H,20,26). The van der Waals surface area contributed by atoms with Crippen molar-refractivity contribution in [2.24, 2.45) is 10.1 Å². The number of carbonyl (C=O) groups is 2. The van der Waals surface area contributed by atoms with Crippen LogP contribution in [0.1, 0.15) is 0 Å². The van der Waals surface area contributed by atoms with Gasteiger partial charge in [0.1, 0.15) is 18.0 Å². The van der Waals surface area contributed by atoms with Gasteiger partial charge >= 0.3 is 0 Å². The number of carbonyl (C=O) groups excluding carboxylic acids is 2. The van der Waals surface area contributed by atoms with Crippen molar-refractivity contribution in [3.8, 4) is 11.5 Å². The van der Waals surface area contributed by atoms with E-state index in [1.807, 2.05) is 0 Å². The molecule has 2 aliphatic rings. The van der Waals surface area contributed by atoms with Crippen molar-refractivity contribution in [1.29, 1.82) is 0 Å². The van der Waals surface area contributed by atoms with Crippen LogP contribution < -0.4 is 19.9 Å². The van der Waals surface area contributed by atoms with E-state index in [0.717, 1.165) is 0 Å². The summed E-state index contributed by atoms with van der Waals surface area (Å²) < 4.78 is 10.3. The third kappa shape index (κ3) is 3.13. The molecule has 28 heavy (non-hydrogen) atoms. The van der Waals surface area contributed by atoms with E-state index >= 15 is 0 Å². The van der Waals surface area contributed by atoms with Gasteiger partial charge in [-0.25, -0.2) is 5.01 Å². The number of nitrogens with zero attached hydrogens (tertiary/aromatic N) is 4. The average molecular weight is 379 g/mol. The molecule has 2 aromatic rings. The van der Waals surface area contributed by atoms with Crippen LogP contribution in [-0.4, -0.2) is 49.1 Å². The summed E-state index contributed by atoms with van der Waals surface area (Å²) in [7, 11) is 3.15. The van der Waals surface area contributed by atoms with Crippen LogP contribution in [0.5, 0.6) is 11.5 Å². The molecule has 9 heteroatoms. The predicted octanol–water partition coefficient (Wildman–Crippen LogP) is 1.67. The number of hydrazine groups is 1. The Morgan fingerprint density at radius 1 is 1.00 bits per heavy atom. The molecule has 0 fully saturated rings. The van der Waals surface area contributed by atoms with Crippen molar-refractivity contribution in [2.45, 2.75) is 0 Å². The number of ether oxygens (including phenoxy) is 2. The molecule has 0 saturated carbocycles. The minimum Gasteiger partial charge on any atom is -0.497 e. The lowest BCUT2D eigenvalue weighted by Gasteiger charge is -2.24. The van der Waals surface area contributed by atoms with Gasteiger partial charge in [0, 0.05) is 5.69 Å². The van der Waals surface area contributed by atoms with Crippen molar-refractivity contribution >= 4 is 34.7 Å². The van der Waals surface area contributed by atoms with E-state index in [1.165, 1.54) is 5.12 Å². The maximum absolute atomic E-state index is 12.8. The van der Waals surface area contributed by atoms with Crippen molar-refractivity contribution in [3.05, 3.63) is 48.5 Å². The van der Waals surface area contributed by atoms with Crippen LogP contribution >= 0.6 is 0 Å². The van der Waals surface area contributed by atoms with E-state index in [-0.39, 0.29) is 24.0 Å². The number of rotatable bonds is 5. The first-order chi connectivity index (χ1) is 13.6. The number of hydrogen-bond donors (Lipinski definition) is 1. The van der Waals surface area contributed by atoms with E-state index < -0.39 is 5.91 Å². The maximum atomic E-state index is 12.8. The predicted molar refractivity (Wildman–Crippen MR) is 104 cm³/mol. The molecule has 142 valence electrons. The second-order valence-electron chi connectivity index (χ2n) is 6.01. The van der Waals surface area contributed by atoms with Crippen LogP contribution in [0.4, 0.5) is 11.4 Å². The summed E-state index contributed by atoms with van der Waals surface area (Å²) in [6.07, 6.45) is 0. The summed E-state index contributed by atoms with van der Waals surface area (Å²) in [5, 5.41) is 10.2. The zero-order valence-electron chi connectivity index (χ0n) is 15.2. The van der Waals surface area contributed by atoms with Crippen molar-refractivity contribution in [2.75, 3.05) is 31.2 Å². The SMILES string of the molecule is COc1ccc(NC(=O)C2=NN(c3ccc(OC)cc3)N3CC(=O)N=C23)cc1. The number of hydrogen-bond acceptors (Lipinski definition) is 7. The lowest BCUT2D eigenvalue weighted by atomic mass is 10.2. The highest BCUT2D eigenvalue weighted by atomic mass is 16.5. The van der Waals surface area contributed by atoms with Gasteiger partial charge in [0.25, 0.3) is 11.8 Å². The van der Waals surface area contributed by atoms with Gasteiger partial charge < -0.3 is 14.8 Å². The molecule has 0 spiro atoms. The molecule has 2 heterocycles. The van der Waals surface area contributed by atoms with Crippen LogP contribution in [0.15, 0.2) is 58.6 Å². The van der Waals surface area contributed by atoms with Crippen LogP contribution in [0.2, 0.25) is 0 Å². The van der Waals surface area contributed by atoms with Crippen LogP contribution in [0.3, 0.4) is 0 Å². The third-order valence-corrected chi connectivity index (χ3v) is 4.26. The van der Waals surface area contributed by atoms with Gasteiger partial charge in [-0.3, -0.25) is 9.59 Å². The summed E-state index contributed by atoms with van der Waals surface area (Å²) in [5.74, 6) is 0.805. The smallest absolute Gasteiger partial charge is 0.280 e. The van der Waals surface area contributed by atoms with Gasteiger partial charge in [-0.15, -0.1) is 5.10 Å². The summed E-state index contributed by atoms with van der Waals surface area (Å²) in [4.78, 5) is 28.6. The number of anilines is 2. The van der Waals surface area contributed by atoms with Crippen molar-refractivity contribution in [1.82, 2.24) is 5.01 Å². The Morgan fingerprint density at radius 3 is 2.21 bits per heavy atom. The Bertz CT molecular complexity index is 982. The first kappa shape index (κ1) is 17.5. The van der Waals surface area contributed by atoms with Crippen LogP contribution in [-0.2, 0) is 9.59 Å². The fourth-order valence-electron chi connectivity index (χ4n) is 2.86. The number of fused-ring (bicyclic) bond motifs is 1. The van der Waals surface area contributed by atoms with Crippen LogP contribution in [0.25, 0.3) is 0 Å². The van der Waals surface area contributed by atoms with Gasteiger partial charge in [0.15, 0.2) is 11.5 Å². The molecule has 0 atom stereocenters. The Labute approximate surface area is 160 Å². The molecular weight excluding hydrogens is 362 g/mol. The number of amides is 2. The molecule has 0 radical (unpaired) electrons. The first-order valence-corrected chi connectivity index (χ1v) is 8.46. The summed E-state index contributed by atoms with van der Waals surface area (Å²) in [6, 6.07) is 14.0. The van der Waals surface area contributed by atoms with E-state index in [9.17, 15) is 9.59 Å². The van der Waals surface area contributed by atoms with Gasteiger partial charge in [-0.2, -0.15) is 10.1 Å². The highest BCUT2D eigenvalue weighted by Crippen LogP contribution is 2.27. The van der Waals surface area contributed by atoms with E-state index in [4.69, 9.17) is 9.47 Å². The molecule has 4 rings (SSSR count). The molecule has 0 aromatic heterocycles. The highest BCUT2D eigenvalue weighted by Gasteiger charge is 2.40. The molecular formula is C19H17N5O4. The quantitative estimate of drug-likeness (QED) is 0.849. The Hall–Kier alpha value is -3.88. The van der Waals surface area contributed by atoms with Crippen molar-refractivity contribution < 1.29 is 19.1 Å². The van der Waals surface area contributed by atoms with Crippen LogP contribution in [0, 0.1) is 0 Å². The number of hydrazone groups is 1. The number of aliphatic imine (C=N–C) groups is 1. The van der Waals surface area contributed by atoms with Gasteiger partial charge in [-0.05, 0) is 48.5 Å². The molecule has 9 nitrogen and oxygen atoms in total. The lowest BCUT2D eigenvalue weighted by molar-refractivity contribution is -0.117. The molecule has 0 saturated heterocycles. The fraction of sp³-hybridized carbons (Fsp3) is 0.158. The van der Waals surface area contributed by atoms with E-state index in [0.29, 0.717) is 22.9 Å². The summed E-state index contributed by atoms with van der Waals surface area (Å²) in [5.41, 5.74) is 1.32. The number of amidine groups is 1. The third-order valence-electron chi connectivity index (χ3n) is 4.26. The van der Waals surface area contributed by atoms with Gasteiger partial charge in [0.05, 0.1) is 19.9 Å². The Balaban J connectivity index is 1.61. The van der Waals surface area contributed by atoms with Gasteiger partial charge in [-0.1, -0.05) is 0 Å². The molecule has 2 aromatic carbocycles. The van der Waals surface area contributed by atoms with Gasteiger partial charge in [0.2, 0.25) is 0 Å². The normalized spacial score (nSPS) is 15.1. The monoisotopic (exact) mass is 379 g/mol. The van der Waals surface area contributed by atoms with E-state index in [2.05, 4.69) is 15.4 Å². The molecule has 0 bridgehead atoms. The minimum absolute atomic E-state index is 0.0180. The zero-order chi connectivity index (χ0) is 19.7. The fourth-order valence-corrected chi connectivity index (χ4v) is 2.86. The molecule has 2 aliphatic heterocycles. The Morgan fingerprint density at radius 2 is 1.61 bits per heavy atom. The second-order valence-corrected chi connectivity index (χ2v) is 6.01. The number of methoxy groups -OCH3 is 2. The molecule has 1 N–H and O–H groups in total. The minimum atomic E-state index is -0.459. The summed E-state index contributed by atoms with van der Waals surface area (Å²) >= 11 is 0. The largest absolute Gasteiger partial charge is 0.497 e. The zero-order valence-corrected chi connectivity index (χ0v) is 15.2. The summed E-state index contributed by atoms with van der Waals surface area (Å²) in [6.45, 7) is 0.0180. The van der Waals surface area contributed by atoms with Crippen molar-refractivity contribution in [3.63, 3.8) is 0 Å². The topological polar surface area (TPSA) is 95.8 Å². The molecule has 0 unspecified atom stereocenters. The number of nitrogens with one attached hydrogen (secondary N) is 1. The lowest BCUT2D eigenvalue weighted by Crippen LogP contribution is -2.39. The Kier molecular flexibility index (Phi) is 4.40. The molecule has 0 aliphatic carbocycles. The van der Waals surface area contributed by atoms with E-state index in [1.54, 1.807) is 67.8 Å². The second kappa shape index (κ2) is 7.03. The maximum Gasteiger partial charge on any atom is 0.280 e. The first-order valence-electron chi connectivity index (χ1n) is 8.46. The molecule has 2 amide bonds. The highest BCUT2D eigenvalue weighted by molar-refractivity contribution is 6.70.